The van der Waals surface area contributed by atoms with Crippen molar-refractivity contribution in [3.63, 3.8) is 0 Å². The number of nitrogens with one attached hydrogen (secondary N) is 1. The van der Waals surface area contributed by atoms with Gasteiger partial charge in [0.05, 0.1) is 35.8 Å². The number of aliphatic imine (C=N–C) groups is 1. The fourth-order valence-corrected chi connectivity index (χ4v) is 6.25. The van der Waals surface area contributed by atoms with Crippen LogP contribution < -0.4 is 15.8 Å². The number of phenolic OH excluding ortho intramolecular Hbond substituents is 1. The lowest BCUT2D eigenvalue weighted by atomic mass is 9.23. The van der Waals surface area contributed by atoms with Gasteiger partial charge < -0.3 is 20.9 Å². The molecule has 0 radical (unpaired) electrons. The van der Waals surface area contributed by atoms with Crippen LogP contribution in [0.2, 0.25) is 12.6 Å². The van der Waals surface area contributed by atoms with Gasteiger partial charge in [0.25, 0.3) is 6.71 Å². The van der Waals surface area contributed by atoms with Gasteiger partial charge in [0.15, 0.2) is 0 Å². The van der Waals surface area contributed by atoms with E-state index in [1.165, 1.54) is 0 Å². The van der Waals surface area contributed by atoms with Crippen molar-refractivity contribution in [2.75, 3.05) is 12.4 Å². The third-order valence-corrected chi connectivity index (χ3v) is 8.68. The van der Waals surface area contributed by atoms with Crippen molar-refractivity contribution in [2.24, 2.45) is 16.1 Å². The Bertz CT molecular complexity index is 1680. The summed E-state index contributed by atoms with van der Waals surface area (Å²) in [5, 5.41) is 27.9. The summed E-state index contributed by atoms with van der Waals surface area (Å²) >= 11 is 0. The smallest absolute Gasteiger partial charge is 0.269 e. The maximum absolute atomic E-state index is 9.94. The third kappa shape index (κ3) is 5.15. The lowest BCUT2D eigenvalue weighted by molar-refractivity contribution is 0.134. The Morgan fingerprint density at radius 2 is 2.07 bits per heavy atom. The second kappa shape index (κ2) is 11.8. The first-order valence-corrected chi connectivity index (χ1v) is 14.7. The molecule has 1 unspecified atom stereocenters. The predicted octanol–water partition coefficient (Wildman–Crippen LogP) is 6.18. The largest absolute Gasteiger partial charge is 0.508 e. The third-order valence-electron chi connectivity index (χ3n) is 8.68. The zero-order valence-electron chi connectivity index (χ0n) is 25.0. The van der Waals surface area contributed by atoms with Crippen LogP contribution in [-0.2, 0) is 6.42 Å². The van der Waals surface area contributed by atoms with E-state index in [9.17, 15) is 10.4 Å². The van der Waals surface area contributed by atoms with Gasteiger partial charge in [0.1, 0.15) is 11.6 Å². The first-order chi connectivity index (χ1) is 20.3. The summed E-state index contributed by atoms with van der Waals surface area (Å²) in [7, 11) is 1.61. The summed E-state index contributed by atoms with van der Waals surface area (Å²) in [5.74, 6) is 3.56. The van der Waals surface area contributed by atoms with E-state index < -0.39 is 0 Å². The van der Waals surface area contributed by atoms with Gasteiger partial charge in [-0.3, -0.25) is 0 Å². The van der Waals surface area contributed by atoms with Gasteiger partial charge in [-0.2, -0.15) is 5.10 Å². The molecule has 3 aromatic heterocycles. The fraction of sp³-hybridized carbons (Fsp3) is 0.375. The van der Waals surface area contributed by atoms with E-state index >= 15 is 0 Å². The van der Waals surface area contributed by atoms with E-state index in [-0.39, 0.29) is 23.9 Å². The highest BCUT2D eigenvalue weighted by Gasteiger charge is 2.57. The molecule has 4 heterocycles. The minimum Gasteiger partial charge on any atom is -0.508 e. The maximum atomic E-state index is 9.94. The van der Waals surface area contributed by atoms with Gasteiger partial charge in [-0.05, 0) is 67.0 Å². The monoisotopic (exact) mass is 563 g/mol. The normalized spacial score (nSPS) is 17.1. The molecule has 4 N–H and O–H groups in total. The maximum Gasteiger partial charge on any atom is 0.269 e. The first-order valence-electron chi connectivity index (χ1n) is 14.7. The van der Waals surface area contributed by atoms with Crippen LogP contribution in [-0.4, -0.2) is 45.4 Å². The van der Waals surface area contributed by atoms with Crippen molar-refractivity contribution in [3.8, 4) is 28.7 Å². The molecule has 1 saturated heterocycles. The zero-order valence-corrected chi connectivity index (χ0v) is 25.0. The predicted molar refractivity (Wildman–Crippen MR) is 169 cm³/mol. The molecule has 0 amide bonds. The summed E-state index contributed by atoms with van der Waals surface area (Å²) in [4.78, 5) is 9.20. The number of nitrogens with two attached hydrogens (primary N) is 1. The van der Waals surface area contributed by atoms with Crippen LogP contribution >= 0.6 is 0 Å². The van der Waals surface area contributed by atoms with Crippen molar-refractivity contribution in [1.82, 2.24) is 14.6 Å². The average Bonchev–Trinajstić information content (AvgIpc) is 3.41. The number of ether oxygens (including phenoxy) is 1. The number of pyridine rings is 1. The highest BCUT2D eigenvalue weighted by Crippen LogP contribution is 2.57. The number of amidine groups is 1. The van der Waals surface area contributed by atoms with Gasteiger partial charge in [0.2, 0.25) is 5.88 Å². The van der Waals surface area contributed by atoms with Crippen LogP contribution in [0.1, 0.15) is 50.3 Å². The average molecular weight is 564 g/mol. The Kier molecular flexibility index (Phi) is 8.12. The molecule has 1 aromatic carbocycles. The van der Waals surface area contributed by atoms with E-state index in [1.807, 2.05) is 50.7 Å². The van der Waals surface area contributed by atoms with Crippen LogP contribution in [0.25, 0.3) is 16.6 Å². The number of anilines is 1. The van der Waals surface area contributed by atoms with Crippen molar-refractivity contribution in [3.05, 3.63) is 65.6 Å². The number of rotatable bonds is 7. The molecule has 216 valence electrons. The summed E-state index contributed by atoms with van der Waals surface area (Å²) in [6.07, 6.45) is 10.3. The zero-order chi connectivity index (χ0) is 30.0. The second-order valence-electron chi connectivity index (χ2n) is 11.0. The number of nitriles is 1. The number of nitrogens with zero attached hydrogens (tertiary/aromatic N) is 5. The van der Waals surface area contributed by atoms with E-state index in [4.69, 9.17) is 20.6 Å². The number of methoxy groups -OCH3 is 1. The van der Waals surface area contributed by atoms with E-state index in [0.717, 1.165) is 70.2 Å². The lowest BCUT2D eigenvalue weighted by Crippen LogP contribution is -2.59. The number of aromatic nitrogens is 3. The number of hydrogen-bond acceptors (Lipinski definition) is 7. The molecule has 1 aliphatic carbocycles. The Hall–Kier alpha value is -4.52. The van der Waals surface area contributed by atoms with Gasteiger partial charge in [-0.1, -0.05) is 33.4 Å². The SMILES string of the molecule is CC.CCc1cc(O)ccc1N=C(N)c1cnn2cc(-c3cnc(OC)cc3C)cc2c1NC1CCC12CB(C#N)C2. The summed E-state index contributed by atoms with van der Waals surface area (Å²) in [6, 6.07) is 9.40. The van der Waals surface area contributed by atoms with Crippen molar-refractivity contribution in [1.29, 1.82) is 5.26 Å². The van der Waals surface area contributed by atoms with Crippen LogP contribution in [0.3, 0.4) is 0 Å². The van der Waals surface area contributed by atoms with Crippen LogP contribution in [0, 0.1) is 23.6 Å². The molecular weight excluding hydrogens is 525 g/mol. The van der Waals surface area contributed by atoms with E-state index in [2.05, 4.69) is 22.3 Å². The Morgan fingerprint density at radius 3 is 2.71 bits per heavy atom. The Morgan fingerprint density at radius 1 is 1.29 bits per heavy atom. The Labute approximate surface area is 247 Å². The van der Waals surface area contributed by atoms with Crippen molar-refractivity contribution < 1.29 is 9.84 Å². The number of hydrogen-bond donors (Lipinski definition) is 3. The van der Waals surface area contributed by atoms with Gasteiger partial charge in [0, 0.05) is 41.6 Å². The fourth-order valence-electron chi connectivity index (χ4n) is 6.25. The lowest BCUT2D eigenvalue weighted by Gasteiger charge is -2.57. The van der Waals surface area contributed by atoms with Crippen molar-refractivity contribution >= 4 is 29.4 Å². The number of benzene rings is 1. The van der Waals surface area contributed by atoms with Crippen molar-refractivity contribution in [2.45, 2.75) is 65.6 Å². The summed E-state index contributed by atoms with van der Waals surface area (Å²) in [5.41, 5.74) is 14.0. The van der Waals surface area contributed by atoms with E-state index in [0.29, 0.717) is 18.1 Å². The molecule has 0 bridgehead atoms. The molecule has 10 heteroatoms. The van der Waals surface area contributed by atoms with Gasteiger partial charge >= 0.3 is 0 Å². The molecule has 1 saturated carbocycles. The van der Waals surface area contributed by atoms with Crippen LogP contribution in [0.4, 0.5) is 11.4 Å². The molecule has 1 aliphatic heterocycles. The molecule has 2 fully saturated rings. The molecule has 6 rings (SSSR count). The molecular formula is C32H38BN7O2. The minimum absolute atomic E-state index is 0.139. The highest BCUT2D eigenvalue weighted by molar-refractivity contribution is 6.70. The molecule has 42 heavy (non-hydrogen) atoms. The van der Waals surface area contributed by atoms with Crippen LogP contribution in [0.15, 0.2) is 53.9 Å². The second-order valence-corrected chi connectivity index (χ2v) is 11.0. The number of aryl methyl sites for hydroxylation is 2. The quantitative estimate of drug-likeness (QED) is 0.139. The number of phenols is 1. The molecule has 4 aromatic rings. The molecule has 1 atom stereocenters. The highest BCUT2D eigenvalue weighted by atomic mass is 16.5. The standard InChI is InChI=1S/C30H32BN7O2.C2H6/c1-4-19-10-21(39)5-6-24(19)36-29(33)23-13-35-38-14-20(22-12-34-27(40-3)9-18(22)2)11-25(38)28(23)37-26-7-8-30(26)15-31(16-30)17-32;1-2/h5-6,9-14,26,37,39H,4,7-8,15-16H2,1-3H3,(H2,33,36);1-2H3. The topological polar surface area (TPSA) is 134 Å². The van der Waals surface area contributed by atoms with Gasteiger partial charge in [-0.25, -0.2) is 19.8 Å². The van der Waals surface area contributed by atoms with Crippen LogP contribution in [0.5, 0.6) is 11.6 Å². The number of fused-ring (bicyclic) bond motifs is 1. The summed E-state index contributed by atoms with van der Waals surface area (Å²) < 4.78 is 7.15. The summed E-state index contributed by atoms with van der Waals surface area (Å²) in [6.45, 7) is 8.19. The first kappa shape index (κ1) is 29.0. The van der Waals surface area contributed by atoms with Gasteiger partial charge in [-0.15, -0.1) is 0 Å². The minimum atomic E-state index is 0.139. The molecule has 9 nitrogen and oxygen atoms in total. The Balaban J connectivity index is 0.00000173. The van der Waals surface area contributed by atoms with E-state index in [1.54, 1.807) is 31.5 Å². The molecule has 2 aliphatic rings. The number of aromatic hydroxyl groups is 1. The molecule has 1 spiro atoms.